The van der Waals surface area contributed by atoms with Crippen molar-refractivity contribution in [1.29, 1.82) is 0 Å². The number of rotatable bonds is 1. The van der Waals surface area contributed by atoms with Crippen LogP contribution >= 0.6 is 11.6 Å². The highest BCUT2D eigenvalue weighted by Crippen LogP contribution is 2.35. The third-order valence-corrected chi connectivity index (χ3v) is 4.03. The summed E-state index contributed by atoms with van der Waals surface area (Å²) in [4.78, 5) is 4.75. The zero-order valence-electron chi connectivity index (χ0n) is 10.2. The summed E-state index contributed by atoms with van der Waals surface area (Å²) in [5.41, 5.74) is 3.81. The smallest absolute Gasteiger partial charge is 0.0643 e. The molecule has 4 heteroatoms. The lowest BCUT2D eigenvalue weighted by atomic mass is 10.1. The van der Waals surface area contributed by atoms with Gasteiger partial charge in [-0.1, -0.05) is 11.6 Å². The van der Waals surface area contributed by atoms with E-state index in [0.717, 1.165) is 44.2 Å². The van der Waals surface area contributed by atoms with Crippen molar-refractivity contribution in [3.8, 4) is 0 Å². The minimum Gasteiger partial charge on any atom is -0.384 e. The molecule has 3 rings (SSSR count). The molecule has 0 atom stereocenters. The Morgan fingerprint density at radius 2 is 1.94 bits per heavy atom. The average Bonchev–Trinajstić information content (AvgIpc) is 2.76. The quantitative estimate of drug-likeness (QED) is 0.824. The lowest BCUT2D eigenvalue weighted by Gasteiger charge is -2.34. The summed E-state index contributed by atoms with van der Waals surface area (Å²) < 4.78 is 0. The molecule has 1 fully saturated rings. The van der Waals surface area contributed by atoms with Gasteiger partial charge in [-0.2, -0.15) is 0 Å². The molecule has 0 aliphatic carbocycles. The second-order valence-electron chi connectivity index (χ2n) is 4.93. The van der Waals surface area contributed by atoms with Crippen LogP contribution in [0.4, 0.5) is 11.4 Å². The summed E-state index contributed by atoms with van der Waals surface area (Å²) in [5, 5.41) is 4.32. The minimum absolute atomic E-state index is 0.900. The molecule has 2 aliphatic heterocycles. The predicted molar refractivity (Wildman–Crippen MR) is 73.4 cm³/mol. The van der Waals surface area contributed by atoms with E-state index in [1.165, 1.54) is 16.9 Å². The van der Waals surface area contributed by atoms with Crippen molar-refractivity contribution in [2.45, 2.75) is 6.42 Å². The summed E-state index contributed by atoms with van der Waals surface area (Å²) in [6.07, 6.45) is 1.10. The molecule has 0 aromatic heterocycles. The Labute approximate surface area is 107 Å². The number of hydrogen-bond acceptors (Lipinski definition) is 3. The van der Waals surface area contributed by atoms with E-state index in [2.05, 4.69) is 34.3 Å². The zero-order valence-corrected chi connectivity index (χ0v) is 10.9. The highest BCUT2D eigenvalue weighted by molar-refractivity contribution is 6.33. The third kappa shape index (κ3) is 2.09. The summed E-state index contributed by atoms with van der Waals surface area (Å²) in [5.74, 6) is 0. The van der Waals surface area contributed by atoms with Crippen LogP contribution in [0.25, 0.3) is 0 Å². The van der Waals surface area contributed by atoms with Crippen LogP contribution in [0, 0.1) is 0 Å². The zero-order chi connectivity index (χ0) is 11.8. The number of benzene rings is 1. The highest BCUT2D eigenvalue weighted by atomic mass is 35.5. The molecule has 0 radical (unpaired) electrons. The first kappa shape index (κ1) is 11.2. The van der Waals surface area contributed by atoms with Crippen LogP contribution in [0.5, 0.6) is 0 Å². The van der Waals surface area contributed by atoms with Crippen molar-refractivity contribution in [1.82, 2.24) is 4.90 Å². The first-order valence-corrected chi connectivity index (χ1v) is 6.61. The fraction of sp³-hybridized carbons (Fsp3) is 0.538. The van der Waals surface area contributed by atoms with Gasteiger partial charge in [0.25, 0.3) is 0 Å². The van der Waals surface area contributed by atoms with Gasteiger partial charge in [0, 0.05) is 38.4 Å². The molecule has 0 saturated carbocycles. The Balaban J connectivity index is 1.87. The molecule has 1 saturated heterocycles. The fourth-order valence-electron chi connectivity index (χ4n) is 2.60. The Morgan fingerprint density at radius 3 is 2.71 bits per heavy atom. The van der Waals surface area contributed by atoms with Crippen molar-refractivity contribution < 1.29 is 0 Å². The molecule has 3 nitrogen and oxygen atoms in total. The van der Waals surface area contributed by atoms with Gasteiger partial charge in [-0.3, -0.25) is 0 Å². The van der Waals surface area contributed by atoms with Crippen LogP contribution in [0.15, 0.2) is 12.1 Å². The number of halogens is 1. The number of nitrogens with zero attached hydrogens (tertiary/aromatic N) is 2. The summed E-state index contributed by atoms with van der Waals surface area (Å²) in [6.45, 7) is 5.39. The van der Waals surface area contributed by atoms with E-state index in [9.17, 15) is 0 Å². The molecule has 2 aliphatic rings. The molecule has 0 spiro atoms. The van der Waals surface area contributed by atoms with Crippen LogP contribution in [0.2, 0.25) is 5.02 Å². The van der Waals surface area contributed by atoms with E-state index < -0.39 is 0 Å². The number of hydrogen-bond donors (Lipinski definition) is 1. The predicted octanol–water partition coefficient (Wildman–Crippen LogP) is 2.06. The van der Waals surface area contributed by atoms with Crippen molar-refractivity contribution in [3.05, 3.63) is 22.7 Å². The van der Waals surface area contributed by atoms with Crippen LogP contribution in [-0.2, 0) is 6.42 Å². The van der Waals surface area contributed by atoms with Gasteiger partial charge < -0.3 is 15.1 Å². The molecule has 0 unspecified atom stereocenters. The number of nitrogens with one attached hydrogen (secondary N) is 1. The Morgan fingerprint density at radius 1 is 1.18 bits per heavy atom. The van der Waals surface area contributed by atoms with Crippen LogP contribution in [-0.4, -0.2) is 44.7 Å². The van der Waals surface area contributed by atoms with Crippen LogP contribution < -0.4 is 10.2 Å². The van der Waals surface area contributed by atoms with Gasteiger partial charge >= 0.3 is 0 Å². The molecule has 92 valence electrons. The number of likely N-dealkylation sites (N-methyl/N-ethyl adjacent to an activating group) is 1. The van der Waals surface area contributed by atoms with Crippen LogP contribution in [0.3, 0.4) is 0 Å². The average molecular weight is 252 g/mol. The molecule has 1 aromatic carbocycles. The van der Waals surface area contributed by atoms with E-state index >= 15 is 0 Å². The first-order valence-electron chi connectivity index (χ1n) is 6.24. The van der Waals surface area contributed by atoms with Gasteiger partial charge in [0.15, 0.2) is 0 Å². The maximum absolute atomic E-state index is 6.39. The van der Waals surface area contributed by atoms with Gasteiger partial charge in [0.1, 0.15) is 0 Å². The van der Waals surface area contributed by atoms with Gasteiger partial charge in [-0.25, -0.2) is 0 Å². The Kier molecular flexibility index (Phi) is 2.89. The first-order chi connectivity index (χ1) is 8.24. The van der Waals surface area contributed by atoms with Gasteiger partial charge in [-0.15, -0.1) is 0 Å². The lowest BCUT2D eigenvalue weighted by molar-refractivity contribution is 0.313. The number of anilines is 2. The Bertz CT molecular complexity index is 425. The standard InChI is InChI=1S/C13H18ClN3/c1-16-4-6-17(7-5-16)13-9-12-10(2-3-15-12)8-11(13)14/h8-9,15H,2-7H2,1H3. The highest BCUT2D eigenvalue weighted by Gasteiger charge is 2.19. The van der Waals surface area contributed by atoms with E-state index in [0.29, 0.717) is 0 Å². The second-order valence-corrected chi connectivity index (χ2v) is 5.34. The number of piperazine rings is 1. The minimum atomic E-state index is 0.900. The van der Waals surface area contributed by atoms with E-state index in [4.69, 9.17) is 11.6 Å². The summed E-state index contributed by atoms with van der Waals surface area (Å²) >= 11 is 6.39. The third-order valence-electron chi connectivity index (χ3n) is 3.73. The molecule has 1 N–H and O–H groups in total. The molecular formula is C13H18ClN3. The SMILES string of the molecule is CN1CCN(c2cc3c(cc2Cl)CCN3)CC1. The number of fused-ring (bicyclic) bond motifs is 1. The molecule has 1 aromatic rings. The van der Waals surface area contributed by atoms with E-state index in [1.807, 2.05) is 0 Å². The summed E-state index contributed by atoms with van der Waals surface area (Å²) in [6, 6.07) is 4.35. The molecule has 17 heavy (non-hydrogen) atoms. The van der Waals surface area contributed by atoms with Crippen LogP contribution in [0.1, 0.15) is 5.56 Å². The van der Waals surface area contributed by atoms with Crippen molar-refractivity contribution in [3.63, 3.8) is 0 Å². The maximum Gasteiger partial charge on any atom is 0.0643 e. The fourth-order valence-corrected chi connectivity index (χ4v) is 2.90. The van der Waals surface area contributed by atoms with Crippen molar-refractivity contribution in [2.24, 2.45) is 0 Å². The maximum atomic E-state index is 6.39. The molecule has 0 bridgehead atoms. The molecule has 0 amide bonds. The topological polar surface area (TPSA) is 18.5 Å². The van der Waals surface area contributed by atoms with Crippen molar-refractivity contribution >= 4 is 23.0 Å². The van der Waals surface area contributed by atoms with Gasteiger partial charge in [-0.05, 0) is 31.2 Å². The van der Waals surface area contributed by atoms with E-state index in [-0.39, 0.29) is 0 Å². The largest absolute Gasteiger partial charge is 0.384 e. The summed E-state index contributed by atoms with van der Waals surface area (Å²) in [7, 11) is 2.17. The Hall–Kier alpha value is -0.930. The second kappa shape index (κ2) is 4.39. The van der Waals surface area contributed by atoms with Crippen molar-refractivity contribution in [2.75, 3.05) is 50.0 Å². The van der Waals surface area contributed by atoms with E-state index in [1.54, 1.807) is 0 Å². The van der Waals surface area contributed by atoms with Gasteiger partial charge in [0.2, 0.25) is 0 Å². The molecular weight excluding hydrogens is 234 g/mol. The van der Waals surface area contributed by atoms with Gasteiger partial charge in [0.05, 0.1) is 10.7 Å². The normalized spacial score (nSPS) is 20.2. The lowest BCUT2D eigenvalue weighted by Crippen LogP contribution is -2.44. The monoisotopic (exact) mass is 251 g/mol. The molecule has 2 heterocycles.